The summed E-state index contributed by atoms with van der Waals surface area (Å²) in [6.45, 7) is -0.420. The molecule has 2 aromatic heterocycles. The first-order valence-corrected chi connectivity index (χ1v) is 10.1. The first-order chi connectivity index (χ1) is 12.0. The Bertz CT molecular complexity index is 1010. The number of nitrogens with one attached hydrogen (secondary N) is 1. The number of aromatic amines is 1. The van der Waals surface area contributed by atoms with E-state index in [4.69, 9.17) is 5.73 Å². The molecule has 13 nitrogen and oxygen atoms in total. The van der Waals surface area contributed by atoms with Gasteiger partial charge in [-0.25, -0.2) is 4.98 Å². The highest BCUT2D eigenvalue weighted by Gasteiger charge is 2.25. The number of nitrogens with zero attached hydrogens (tertiary/aromatic N) is 3. The molecule has 0 fully saturated rings. The monoisotopic (exact) mass is 404 g/mol. The fraction of sp³-hybridized carbons (Fsp3) is 0.364. The molecule has 1 aliphatic carbocycles. The van der Waals surface area contributed by atoms with Gasteiger partial charge < -0.3 is 34.1 Å². The lowest BCUT2D eigenvalue weighted by Gasteiger charge is -2.35. The van der Waals surface area contributed by atoms with Gasteiger partial charge >= 0.3 is 0 Å². The fourth-order valence-corrected chi connectivity index (χ4v) is 4.14. The Hall–Kier alpha value is -1.85. The summed E-state index contributed by atoms with van der Waals surface area (Å²) in [7, 11) is -11.0. The summed E-state index contributed by atoms with van der Waals surface area (Å²) in [5.41, 5.74) is 5.40. The summed E-state index contributed by atoms with van der Waals surface area (Å²) in [4.78, 5) is 54.1. The first kappa shape index (κ1) is 18.9. The highest BCUT2D eigenvalue weighted by molar-refractivity contribution is 7.58. The minimum absolute atomic E-state index is 0.0739. The predicted molar refractivity (Wildman–Crippen MR) is 81.1 cm³/mol. The van der Waals surface area contributed by atoms with Gasteiger partial charge in [0.1, 0.15) is 0 Å². The smallest absolute Gasteiger partial charge is 0.280 e. The van der Waals surface area contributed by atoms with Gasteiger partial charge in [0, 0.05) is 5.92 Å². The summed E-state index contributed by atoms with van der Waals surface area (Å²) >= 11 is 0. The molecule has 0 amide bonds. The number of rotatable bonds is 6. The maximum absolute atomic E-state index is 11.8. The van der Waals surface area contributed by atoms with Gasteiger partial charge in [0.25, 0.3) is 13.4 Å². The van der Waals surface area contributed by atoms with Crippen molar-refractivity contribution in [3.05, 3.63) is 28.8 Å². The lowest BCUT2D eigenvalue weighted by molar-refractivity contribution is -0.339. The van der Waals surface area contributed by atoms with Crippen LogP contribution in [0.4, 0.5) is 5.95 Å². The number of nitrogens with two attached hydrogens (primary N) is 1. The van der Waals surface area contributed by atoms with Crippen molar-refractivity contribution in [2.75, 3.05) is 12.3 Å². The van der Waals surface area contributed by atoms with Crippen molar-refractivity contribution in [1.82, 2.24) is 19.5 Å². The number of phosphoric acid groups is 2. The van der Waals surface area contributed by atoms with Gasteiger partial charge in [-0.1, -0.05) is 12.2 Å². The van der Waals surface area contributed by atoms with E-state index < -0.39 is 33.7 Å². The molecule has 2 heterocycles. The van der Waals surface area contributed by atoms with E-state index in [9.17, 15) is 28.6 Å². The minimum atomic E-state index is -5.72. The highest BCUT2D eigenvalue weighted by Crippen LogP contribution is 2.50. The minimum Gasteiger partial charge on any atom is -0.790 e. The van der Waals surface area contributed by atoms with Crippen molar-refractivity contribution in [3.8, 4) is 0 Å². The van der Waals surface area contributed by atoms with Crippen LogP contribution < -0.4 is 26.0 Å². The molecule has 3 rings (SSSR count). The Labute approximate surface area is 145 Å². The van der Waals surface area contributed by atoms with E-state index in [0.717, 1.165) is 0 Å². The summed E-state index contributed by atoms with van der Waals surface area (Å²) in [6, 6.07) is -0.306. The molecule has 3 N–H and O–H groups in total. The predicted octanol–water partition coefficient (Wildman–Crippen LogP) is -1.85. The van der Waals surface area contributed by atoms with E-state index in [0.29, 0.717) is 6.42 Å². The van der Waals surface area contributed by atoms with Crippen molar-refractivity contribution < 1.29 is 32.6 Å². The molecule has 0 spiro atoms. The fourth-order valence-electron chi connectivity index (χ4n) is 2.60. The van der Waals surface area contributed by atoms with Crippen molar-refractivity contribution in [3.63, 3.8) is 0 Å². The number of anilines is 1. The third-order valence-corrected chi connectivity index (χ3v) is 5.67. The van der Waals surface area contributed by atoms with E-state index in [1.807, 2.05) is 0 Å². The highest BCUT2D eigenvalue weighted by atomic mass is 31.3. The second-order valence-corrected chi connectivity index (χ2v) is 8.20. The topological polar surface area (TPSA) is 211 Å². The Morgan fingerprint density at radius 3 is 2.77 bits per heavy atom. The Morgan fingerprint density at radius 2 is 2.08 bits per heavy atom. The van der Waals surface area contributed by atoms with E-state index in [-0.39, 0.29) is 23.2 Å². The molecule has 1 unspecified atom stereocenters. The van der Waals surface area contributed by atoms with Gasteiger partial charge in [0.2, 0.25) is 5.95 Å². The van der Waals surface area contributed by atoms with E-state index in [1.165, 1.54) is 6.33 Å². The largest absolute Gasteiger partial charge is 0.790 e. The number of H-pyrrole nitrogens is 1. The number of phosphoric ester groups is 1. The number of hydrogen-bond acceptors (Lipinski definition) is 11. The molecule has 0 aliphatic heterocycles. The zero-order valence-electron chi connectivity index (χ0n) is 12.9. The van der Waals surface area contributed by atoms with E-state index in [1.54, 1.807) is 16.7 Å². The number of aromatic nitrogens is 4. The summed E-state index contributed by atoms with van der Waals surface area (Å²) in [5.74, 6) is -0.490. The molecule has 1 aliphatic rings. The quantitative estimate of drug-likeness (QED) is 0.403. The third kappa shape index (κ3) is 4.27. The van der Waals surface area contributed by atoms with E-state index in [2.05, 4.69) is 23.8 Å². The summed E-state index contributed by atoms with van der Waals surface area (Å²) in [6.07, 6.45) is 5.11. The van der Waals surface area contributed by atoms with Gasteiger partial charge in [0.15, 0.2) is 11.2 Å². The van der Waals surface area contributed by atoms with Crippen LogP contribution in [0.25, 0.3) is 11.2 Å². The van der Waals surface area contributed by atoms with Crippen molar-refractivity contribution in [2.24, 2.45) is 5.92 Å². The average molecular weight is 404 g/mol. The molecule has 3 atom stereocenters. The van der Waals surface area contributed by atoms with Crippen LogP contribution in [0.2, 0.25) is 0 Å². The molecular formula is C11H12N5O8P2-3. The zero-order valence-corrected chi connectivity index (χ0v) is 14.7. The third-order valence-electron chi connectivity index (χ3n) is 3.60. The van der Waals surface area contributed by atoms with Crippen LogP contribution in [0, 0.1) is 5.92 Å². The van der Waals surface area contributed by atoms with Gasteiger partial charge in [-0.2, -0.15) is 4.98 Å². The lowest BCUT2D eigenvalue weighted by Crippen LogP contribution is -2.20. The summed E-state index contributed by atoms with van der Waals surface area (Å²) < 4.78 is 31.0. The average Bonchev–Trinajstić information content (AvgIpc) is 3.08. The van der Waals surface area contributed by atoms with Crippen LogP contribution in [0.15, 0.2) is 23.3 Å². The standard InChI is InChI=1S/C11H15N5O8P2/c12-11-14-9-8(10(17)15-11)13-5-16(9)7-2-1-6(3-7)4-23-26(21,22)24-25(18,19)20/h1-2,5-7H,3-4H2,(H,21,22)(H2,18,19,20)(H3,12,14,15,17)/p-3/t6-,7+/m1/s1. The number of nitrogen functional groups attached to an aromatic ring is 1. The summed E-state index contributed by atoms with van der Waals surface area (Å²) in [5, 5.41) is 0. The number of allylic oxidation sites excluding steroid dienone is 1. The van der Waals surface area contributed by atoms with Crippen molar-refractivity contribution >= 4 is 32.8 Å². The number of fused-ring (bicyclic) bond motifs is 1. The normalized spacial score (nSPS) is 22.7. The van der Waals surface area contributed by atoms with Crippen LogP contribution in [0.5, 0.6) is 0 Å². The van der Waals surface area contributed by atoms with Gasteiger partial charge in [0.05, 0.1) is 26.8 Å². The molecule has 15 heteroatoms. The molecule has 0 saturated heterocycles. The molecule has 0 bridgehead atoms. The van der Waals surface area contributed by atoms with Gasteiger partial charge in [-0.15, -0.1) is 0 Å². The van der Waals surface area contributed by atoms with Crippen LogP contribution in [-0.4, -0.2) is 26.1 Å². The SMILES string of the molecule is Nc1nc2c(ncn2[C@H]2C=C[C@@H](COP(=O)([O-])OP(=O)([O-])[O-])C2)c(=O)[nH]1. The van der Waals surface area contributed by atoms with Crippen molar-refractivity contribution in [2.45, 2.75) is 12.5 Å². The van der Waals surface area contributed by atoms with Crippen molar-refractivity contribution in [1.29, 1.82) is 0 Å². The molecule has 2 aromatic rings. The molecule has 142 valence electrons. The van der Waals surface area contributed by atoms with Gasteiger partial charge in [-0.3, -0.25) is 18.7 Å². The zero-order chi connectivity index (χ0) is 19.1. The maximum Gasteiger partial charge on any atom is 0.280 e. The van der Waals surface area contributed by atoms with Crippen LogP contribution in [-0.2, 0) is 18.0 Å². The number of hydrogen-bond donors (Lipinski definition) is 2. The molecule has 0 saturated carbocycles. The van der Waals surface area contributed by atoms with Gasteiger partial charge in [-0.05, 0) is 6.42 Å². The van der Waals surface area contributed by atoms with Crippen LogP contribution in [0.3, 0.4) is 0 Å². The van der Waals surface area contributed by atoms with Crippen LogP contribution in [0.1, 0.15) is 12.5 Å². The lowest BCUT2D eigenvalue weighted by atomic mass is 10.1. The maximum atomic E-state index is 11.8. The molecule has 0 radical (unpaired) electrons. The molecular weight excluding hydrogens is 392 g/mol. The molecule has 26 heavy (non-hydrogen) atoms. The Morgan fingerprint density at radius 1 is 1.35 bits per heavy atom. The first-order valence-electron chi connectivity index (χ1n) is 7.14. The Balaban J connectivity index is 1.69. The molecule has 0 aromatic carbocycles. The second kappa shape index (κ2) is 6.71. The number of imidazole rings is 1. The second-order valence-electron chi connectivity index (χ2n) is 5.50. The van der Waals surface area contributed by atoms with E-state index >= 15 is 0 Å². The Kier molecular flexibility index (Phi) is 4.88. The van der Waals surface area contributed by atoms with Crippen LogP contribution >= 0.6 is 15.6 Å².